The number of hydrogen-bond donors (Lipinski definition) is 2. The van der Waals surface area contributed by atoms with Crippen molar-refractivity contribution in [1.82, 2.24) is 25.0 Å². The summed E-state index contributed by atoms with van der Waals surface area (Å²) in [5, 5.41) is 20.6. The number of benzene rings is 1. The zero-order valence-electron chi connectivity index (χ0n) is 20.8. The highest BCUT2D eigenvalue weighted by molar-refractivity contribution is 5.88. The van der Waals surface area contributed by atoms with Crippen molar-refractivity contribution in [2.24, 2.45) is 0 Å². The molecule has 2 aliphatic heterocycles. The molecular weight excluding hydrogens is 450 g/mol. The summed E-state index contributed by atoms with van der Waals surface area (Å²) in [6, 6.07) is 10.1. The molecule has 1 unspecified atom stereocenters. The maximum atomic E-state index is 12.3. The number of phenolic OH excluding ortho intramolecular Hbond substituents is 1. The lowest BCUT2D eigenvalue weighted by molar-refractivity contribution is -0.125. The van der Waals surface area contributed by atoms with Gasteiger partial charge < -0.3 is 19.9 Å². The lowest BCUT2D eigenvalue weighted by Gasteiger charge is -2.35. The van der Waals surface area contributed by atoms with E-state index in [1.54, 1.807) is 6.07 Å². The van der Waals surface area contributed by atoms with Crippen LogP contribution in [-0.4, -0.2) is 68.2 Å². The number of fused-ring (bicyclic) bond motifs is 1. The second-order valence-electron chi connectivity index (χ2n) is 10.7. The van der Waals surface area contributed by atoms with Gasteiger partial charge >= 0.3 is 0 Å². The fourth-order valence-corrected chi connectivity index (χ4v) is 6.77. The molecule has 2 aromatic heterocycles. The fourth-order valence-electron chi connectivity index (χ4n) is 6.77. The van der Waals surface area contributed by atoms with E-state index in [9.17, 15) is 9.90 Å². The molecule has 7 heteroatoms. The van der Waals surface area contributed by atoms with Gasteiger partial charge in [-0.2, -0.15) is 0 Å². The van der Waals surface area contributed by atoms with Crippen LogP contribution in [0.4, 0.5) is 0 Å². The van der Waals surface area contributed by atoms with Gasteiger partial charge in [0.05, 0.1) is 5.69 Å². The normalized spacial score (nSPS) is 25.0. The van der Waals surface area contributed by atoms with Crippen LogP contribution in [0.5, 0.6) is 5.75 Å². The zero-order valence-corrected chi connectivity index (χ0v) is 20.8. The van der Waals surface area contributed by atoms with Gasteiger partial charge in [0.15, 0.2) is 5.65 Å². The Morgan fingerprint density at radius 1 is 1.03 bits per heavy atom. The third-order valence-electron chi connectivity index (χ3n) is 8.65. The molecule has 3 aliphatic rings. The Hall–Kier alpha value is -3.19. The Labute approximate surface area is 212 Å². The second kappa shape index (κ2) is 9.69. The Balaban J connectivity index is 1.37. The summed E-state index contributed by atoms with van der Waals surface area (Å²) in [4.78, 5) is 20.5. The number of H-pyrrole nitrogens is 1. The van der Waals surface area contributed by atoms with Crippen molar-refractivity contribution in [3.8, 4) is 17.0 Å². The lowest BCUT2D eigenvalue weighted by atomic mass is 9.78. The second-order valence-corrected chi connectivity index (χ2v) is 10.7. The highest BCUT2D eigenvalue weighted by atomic mass is 16.3. The van der Waals surface area contributed by atoms with E-state index in [1.165, 1.54) is 56.1 Å². The number of nitrogens with zero attached hydrogens (tertiary/aromatic N) is 4. The average Bonchev–Trinajstić information content (AvgIpc) is 3.68. The van der Waals surface area contributed by atoms with E-state index < -0.39 is 0 Å². The highest BCUT2D eigenvalue weighted by Gasteiger charge is 2.35. The molecule has 2 N–H and O–H groups in total. The van der Waals surface area contributed by atoms with Crippen LogP contribution in [0.1, 0.15) is 68.0 Å². The molecule has 4 heterocycles. The monoisotopic (exact) mass is 485 g/mol. The molecule has 3 aromatic rings. The largest absolute Gasteiger partial charge is 0.507 e. The zero-order chi connectivity index (χ0) is 24.6. The lowest BCUT2D eigenvalue weighted by Crippen LogP contribution is -2.35. The number of aromatic nitrogens is 3. The van der Waals surface area contributed by atoms with Crippen molar-refractivity contribution in [3.05, 3.63) is 54.2 Å². The predicted octanol–water partition coefficient (Wildman–Crippen LogP) is 4.95. The number of aromatic hydroxyl groups is 1. The van der Waals surface area contributed by atoms with E-state index in [1.807, 2.05) is 23.1 Å². The summed E-state index contributed by atoms with van der Waals surface area (Å²) in [5.41, 5.74) is 4.76. The molecule has 1 saturated carbocycles. The first kappa shape index (κ1) is 23.2. The van der Waals surface area contributed by atoms with Gasteiger partial charge in [-0.15, -0.1) is 10.2 Å². The van der Waals surface area contributed by atoms with Crippen LogP contribution in [0, 0.1) is 0 Å². The Kier molecular flexibility index (Phi) is 6.25. The number of aromatic amines is 1. The Morgan fingerprint density at radius 3 is 2.56 bits per heavy atom. The smallest absolute Gasteiger partial charge is 0.245 e. The van der Waals surface area contributed by atoms with Crippen molar-refractivity contribution in [1.29, 1.82) is 0 Å². The minimum Gasteiger partial charge on any atom is -0.507 e. The summed E-state index contributed by atoms with van der Waals surface area (Å²) in [6.07, 6.45) is 9.81. The average molecular weight is 486 g/mol. The molecule has 1 atom stereocenters. The minimum absolute atomic E-state index is 0.00270. The molecule has 36 heavy (non-hydrogen) atoms. The van der Waals surface area contributed by atoms with Crippen LogP contribution < -0.4 is 0 Å². The molecule has 0 radical (unpaired) electrons. The molecule has 3 fully saturated rings. The standard InChI is InChI=1S/C29H35N5O2/c1-2-26(36)34-16-13-20(18-34)28-27(19-9-11-21(12-10-19)33-14-5-6-15-33)23-17-24(31-32-29(23)30-28)22-7-3-4-8-25(22)35/h2-4,7-8,17,19-21,35H,1,5-6,9-16,18H2,(H,30,32). The van der Waals surface area contributed by atoms with Gasteiger partial charge in [0, 0.05) is 41.7 Å². The van der Waals surface area contributed by atoms with Crippen molar-refractivity contribution in [2.45, 2.75) is 62.8 Å². The van der Waals surface area contributed by atoms with E-state index in [0.29, 0.717) is 29.8 Å². The number of carbonyl (C=O) groups is 1. The molecule has 1 amide bonds. The van der Waals surface area contributed by atoms with E-state index in [2.05, 4.69) is 32.7 Å². The van der Waals surface area contributed by atoms with Crippen molar-refractivity contribution < 1.29 is 9.90 Å². The molecule has 2 saturated heterocycles. The maximum absolute atomic E-state index is 12.3. The molecule has 188 valence electrons. The first-order valence-electron chi connectivity index (χ1n) is 13.5. The molecule has 1 aliphatic carbocycles. The summed E-state index contributed by atoms with van der Waals surface area (Å²) in [6.45, 7) is 7.63. The summed E-state index contributed by atoms with van der Waals surface area (Å²) >= 11 is 0. The van der Waals surface area contributed by atoms with Crippen LogP contribution in [0.15, 0.2) is 43.0 Å². The number of amides is 1. The van der Waals surface area contributed by atoms with Crippen molar-refractivity contribution in [2.75, 3.05) is 26.2 Å². The Bertz CT molecular complexity index is 1270. The Morgan fingerprint density at radius 2 is 1.81 bits per heavy atom. The van der Waals surface area contributed by atoms with E-state index in [-0.39, 0.29) is 17.6 Å². The van der Waals surface area contributed by atoms with Gasteiger partial charge in [-0.25, -0.2) is 0 Å². The van der Waals surface area contributed by atoms with Gasteiger partial charge in [-0.1, -0.05) is 18.7 Å². The van der Waals surface area contributed by atoms with Gasteiger partial charge in [-0.05, 0) is 93.8 Å². The number of nitrogens with one attached hydrogen (secondary N) is 1. The summed E-state index contributed by atoms with van der Waals surface area (Å²) in [7, 11) is 0. The number of rotatable bonds is 5. The highest BCUT2D eigenvalue weighted by Crippen LogP contribution is 2.44. The third-order valence-corrected chi connectivity index (χ3v) is 8.65. The number of para-hydroxylation sites is 1. The number of phenols is 1. The quantitative estimate of drug-likeness (QED) is 0.499. The van der Waals surface area contributed by atoms with Gasteiger partial charge in [-0.3, -0.25) is 4.79 Å². The minimum atomic E-state index is 0.00270. The number of carbonyl (C=O) groups excluding carboxylic acids is 1. The molecule has 6 rings (SSSR count). The van der Waals surface area contributed by atoms with E-state index in [0.717, 1.165) is 36.8 Å². The molecule has 7 nitrogen and oxygen atoms in total. The topological polar surface area (TPSA) is 85.3 Å². The summed E-state index contributed by atoms with van der Waals surface area (Å²) < 4.78 is 0. The summed E-state index contributed by atoms with van der Waals surface area (Å²) in [5.74, 6) is 0.924. The molecular formula is C29H35N5O2. The molecule has 0 bridgehead atoms. The van der Waals surface area contributed by atoms with Crippen LogP contribution in [-0.2, 0) is 4.79 Å². The maximum Gasteiger partial charge on any atom is 0.245 e. The third kappa shape index (κ3) is 4.19. The predicted molar refractivity (Wildman–Crippen MR) is 141 cm³/mol. The van der Waals surface area contributed by atoms with Crippen LogP contribution in [0.25, 0.3) is 22.3 Å². The van der Waals surface area contributed by atoms with Crippen molar-refractivity contribution >= 4 is 16.9 Å². The van der Waals surface area contributed by atoms with Gasteiger partial charge in [0.25, 0.3) is 0 Å². The first-order valence-corrected chi connectivity index (χ1v) is 13.5. The van der Waals surface area contributed by atoms with Crippen molar-refractivity contribution in [3.63, 3.8) is 0 Å². The fraction of sp³-hybridized carbons (Fsp3) is 0.483. The number of hydrogen-bond acceptors (Lipinski definition) is 5. The first-order chi connectivity index (χ1) is 17.6. The molecule has 1 aromatic carbocycles. The van der Waals surface area contributed by atoms with E-state index >= 15 is 0 Å². The van der Waals surface area contributed by atoms with Crippen LogP contribution >= 0.6 is 0 Å². The van der Waals surface area contributed by atoms with Gasteiger partial charge in [0.2, 0.25) is 5.91 Å². The van der Waals surface area contributed by atoms with Crippen LogP contribution in [0.2, 0.25) is 0 Å². The number of likely N-dealkylation sites (tertiary alicyclic amines) is 2. The van der Waals surface area contributed by atoms with Gasteiger partial charge in [0.1, 0.15) is 5.75 Å². The SMILES string of the molecule is C=CC(=O)N1CCC(c2[nH]c3nnc(-c4ccccc4O)cc3c2C2CCC(N3CCCC3)CC2)C1. The van der Waals surface area contributed by atoms with Crippen LogP contribution in [0.3, 0.4) is 0 Å². The van der Waals surface area contributed by atoms with E-state index in [4.69, 9.17) is 0 Å². The molecule has 0 spiro atoms.